The number of aryl methyl sites for hydroxylation is 1. The highest BCUT2D eigenvalue weighted by atomic mass is 32.1. The predicted octanol–water partition coefficient (Wildman–Crippen LogP) is 2.11. The number of nitrogens with zero attached hydrogens (tertiary/aromatic N) is 4. The van der Waals surface area contributed by atoms with Crippen molar-refractivity contribution < 1.29 is 14.4 Å². The first-order chi connectivity index (χ1) is 19.4. The number of hydrogen-bond donors (Lipinski definition) is 3. The first kappa shape index (κ1) is 28.2. The van der Waals surface area contributed by atoms with Gasteiger partial charge in [-0.2, -0.15) is 0 Å². The number of nitrogens with one attached hydrogen (secondary N) is 2. The maximum Gasteiger partial charge on any atom is 0.237 e. The van der Waals surface area contributed by atoms with Gasteiger partial charge in [0, 0.05) is 56.8 Å². The second kappa shape index (κ2) is 12.9. The molecule has 4 atom stereocenters. The van der Waals surface area contributed by atoms with Crippen molar-refractivity contribution in [3.63, 3.8) is 0 Å². The van der Waals surface area contributed by atoms with Crippen LogP contribution in [0.2, 0.25) is 0 Å². The summed E-state index contributed by atoms with van der Waals surface area (Å²) >= 11 is 1.29. The normalized spacial score (nSPS) is 23.9. The van der Waals surface area contributed by atoms with Crippen molar-refractivity contribution >= 4 is 34.9 Å². The van der Waals surface area contributed by atoms with Crippen LogP contribution in [-0.2, 0) is 16.0 Å². The number of piperazine rings is 1. The summed E-state index contributed by atoms with van der Waals surface area (Å²) in [4.78, 5) is 50.1. The van der Waals surface area contributed by atoms with Crippen LogP contribution in [0.1, 0.15) is 53.9 Å². The van der Waals surface area contributed by atoms with E-state index in [1.54, 1.807) is 11.6 Å². The monoisotopic (exact) mass is 565 g/mol. The maximum absolute atomic E-state index is 13.6. The molecule has 1 aromatic carbocycles. The molecule has 0 saturated carbocycles. The van der Waals surface area contributed by atoms with Crippen LogP contribution >= 0.6 is 11.3 Å². The zero-order valence-corrected chi connectivity index (χ0v) is 23.7. The first-order valence-corrected chi connectivity index (χ1v) is 15.2. The molecular weight excluding hydrogens is 526 g/mol. The summed E-state index contributed by atoms with van der Waals surface area (Å²) in [6.07, 6.45) is 6.70. The van der Waals surface area contributed by atoms with Crippen LogP contribution in [0.4, 0.5) is 0 Å². The Kier molecular flexibility index (Phi) is 9.11. The van der Waals surface area contributed by atoms with E-state index in [9.17, 15) is 14.4 Å². The van der Waals surface area contributed by atoms with Gasteiger partial charge in [0.2, 0.25) is 17.6 Å². The molecule has 3 fully saturated rings. The molecule has 0 radical (unpaired) electrons. The van der Waals surface area contributed by atoms with Crippen LogP contribution in [0.3, 0.4) is 0 Å². The molecule has 0 aliphatic carbocycles. The zero-order valence-electron chi connectivity index (χ0n) is 22.8. The van der Waals surface area contributed by atoms with E-state index in [1.165, 1.54) is 11.3 Å². The Morgan fingerprint density at radius 1 is 1.07 bits per heavy atom. The number of amides is 2. The molecule has 40 heavy (non-hydrogen) atoms. The predicted molar refractivity (Wildman–Crippen MR) is 154 cm³/mol. The van der Waals surface area contributed by atoms with Gasteiger partial charge in [0.25, 0.3) is 0 Å². The van der Waals surface area contributed by atoms with E-state index in [-0.39, 0.29) is 41.6 Å². The minimum Gasteiger partial charge on any atom is -0.370 e. The second-order valence-corrected chi connectivity index (χ2v) is 12.0. The Bertz CT molecular complexity index is 1190. The molecule has 4 heterocycles. The van der Waals surface area contributed by atoms with Crippen molar-refractivity contribution in [3.8, 4) is 0 Å². The third-order valence-electron chi connectivity index (χ3n) is 8.53. The quantitative estimate of drug-likeness (QED) is 0.241. The highest BCUT2D eigenvalue weighted by Gasteiger charge is 2.42. The highest BCUT2D eigenvalue weighted by molar-refractivity contribution is 7.11. The smallest absolute Gasteiger partial charge is 0.237 e. The number of thiazole rings is 1. The number of hydrogen-bond acceptors (Lipinski definition) is 7. The van der Waals surface area contributed by atoms with E-state index in [4.69, 9.17) is 11.1 Å². The number of nitrogens with two attached hydrogens (primary N) is 1. The Labute approximate surface area is 239 Å². The zero-order chi connectivity index (χ0) is 28.1. The number of benzene rings is 1. The number of carbonyl (C=O) groups is 3. The molecule has 3 aliphatic heterocycles. The average Bonchev–Trinajstić information content (AvgIpc) is 3.66. The molecule has 4 N–H and O–H groups in total. The van der Waals surface area contributed by atoms with Crippen molar-refractivity contribution in [2.75, 3.05) is 32.7 Å². The van der Waals surface area contributed by atoms with Crippen molar-refractivity contribution in [1.82, 2.24) is 25.0 Å². The van der Waals surface area contributed by atoms with Crippen molar-refractivity contribution in [1.29, 1.82) is 5.41 Å². The molecular formula is C29H39N7O3S. The van der Waals surface area contributed by atoms with Crippen molar-refractivity contribution in [2.24, 2.45) is 11.7 Å². The van der Waals surface area contributed by atoms with E-state index in [0.717, 1.165) is 37.8 Å². The minimum absolute atomic E-state index is 0.0474. The van der Waals surface area contributed by atoms with Gasteiger partial charge >= 0.3 is 0 Å². The standard InChI is InChI=1S/C29H39N7O3S/c30-29(31)35-13-4-7-21(18-35)17-23(26(38)28-32-12-16-40-28)33-27(39)24-10-9-22-19-34(14-15-36(22)24)25(37)11-8-20-5-2-1-3-6-20/h1-3,5-6,12,16,21-24H,4,7-11,13-15,17-19H2,(H3,30,31)(H,33,39)/t21?,22-,23-,24-/m0/s1. The topological polar surface area (TPSA) is 136 Å². The summed E-state index contributed by atoms with van der Waals surface area (Å²) < 4.78 is 0. The van der Waals surface area contributed by atoms with Crippen LogP contribution in [-0.4, -0.2) is 94.1 Å². The fraction of sp³-hybridized carbons (Fsp3) is 0.552. The number of carbonyl (C=O) groups excluding carboxylic acids is 3. The Balaban J connectivity index is 1.18. The number of rotatable bonds is 9. The van der Waals surface area contributed by atoms with Gasteiger partial charge in [-0.3, -0.25) is 24.7 Å². The summed E-state index contributed by atoms with van der Waals surface area (Å²) in [6, 6.07) is 9.23. The molecule has 3 saturated heterocycles. The second-order valence-electron chi connectivity index (χ2n) is 11.1. The Hall–Kier alpha value is -3.31. The summed E-state index contributed by atoms with van der Waals surface area (Å²) in [6.45, 7) is 3.26. The molecule has 0 bridgehead atoms. The number of guanidine groups is 1. The molecule has 2 aromatic rings. The SMILES string of the molecule is N=C(N)N1CCCC(C[C@H](NC(=O)[C@@H]2CC[C@H]3CN(C(=O)CCc4ccccc4)CCN32)C(=O)c2nccs2)C1. The Morgan fingerprint density at radius 2 is 1.90 bits per heavy atom. The number of likely N-dealkylation sites (tertiary alicyclic amines) is 1. The van der Waals surface area contributed by atoms with Gasteiger partial charge in [-0.25, -0.2) is 4.98 Å². The fourth-order valence-electron chi connectivity index (χ4n) is 6.42. The maximum atomic E-state index is 13.6. The van der Waals surface area contributed by atoms with Gasteiger partial charge in [-0.05, 0) is 50.0 Å². The van der Waals surface area contributed by atoms with E-state index in [1.807, 2.05) is 40.1 Å². The van der Waals surface area contributed by atoms with Crippen LogP contribution in [0.25, 0.3) is 0 Å². The van der Waals surface area contributed by atoms with Crippen LogP contribution in [0.5, 0.6) is 0 Å². The van der Waals surface area contributed by atoms with E-state index < -0.39 is 6.04 Å². The van der Waals surface area contributed by atoms with Crippen molar-refractivity contribution in [3.05, 3.63) is 52.5 Å². The van der Waals surface area contributed by atoms with Crippen molar-refractivity contribution in [2.45, 2.75) is 63.1 Å². The van der Waals surface area contributed by atoms with Gasteiger partial charge in [-0.15, -0.1) is 11.3 Å². The minimum atomic E-state index is -0.671. The lowest BCUT2D eigenvalue weighted by Gasteiger charge is -2.40. The Morgan fingerprint density at radius 3 is 2.65 bits per heavy atom. The third kappa shape index (κ3) is 6.69. The number of aromatic nitrogens is 1. The van der Waals surface area contributed by atoms with Gasteiger partial charge in [-0.1, -0.05) is 30.3 Å². The average molecular weight is 566 g/mol. The summed E-state index contributed by atoms with van der Waals surface area (Å²) in [5.74, 6) is 0.0737. The van der Waals surface area contributed by atoms with E-state index >= 15 is 0 Å². The number of Topliss-reactive ketones (excluding diaryl/α,β-unsaturated/α-hetero) is 1. The van der Waals surface area contributed by atoms with E-state index in [2.05, 4.69) is 15.2 Å². The molecule has 3 aliphatic rings. The van der Waals surface area contributed by atoms with Gasteiger partial charge in [0.05, 0.1) is 12.1 Å². The summed E-state index contributed by atoms with van der Waals surface area (Å²) in [5.41, 5.74) is 6.89. The lowest BCUT2D eigenvalue weighted by Crippen LogP contribution is -2.58. The number of piperidine rings is 1. The molecule has 0 spiro atoms. The largest absolute Gasteiger partial charge is 0.370 e. The summed E-state index contributed by atoms with van der Waals surface area (Å²) in [5, 5.41) is 13.1. The lowest BCUT2D eigenvalue weighted by molar-refractivity contribution is -0.135. The van der Waals surface area contributed by atoms with Gasteiger partial charge < -0.3 is 20.9 Å². The molecule has 10 nitrogen and oxygen atoms in total. The van der Waals surface area contributed by atoms with Crippen LogP contribution in [0.15, 0.2) is 41.9 Å². The van der Waals surface area contributed by atoms with E-state index in [0.29, 0.717) is 50.4 Å². The molecule has 214 valence electrons. The highest BCUT2D eigenvalue weighted by Crippen LogP contribution is 2.29. The number of fused-ring (bicyclic) bond motifs is 1. The number of ketones is 1. The van der Waals surface area contributed by atoms with Crippen LogP contribution < -0.4 is 11.1 Å². The molecule has 5 rings (SSSR count). The molecule has 1 unspecified atom stereocenters. The molecule has 11 heteroatoms. The molecule has 1 aromatic heterocycles. The summed E-state index contributed by atoms with van der Waals surface area (Å²) in [7, 11) is 0. The lowest BCUT2D eigenvalue weighted by atomic mass is 9.89. The van der Waals surface area contributed by atoms with Gasteiger partial charge in [0.15, 0.2) is 11.0 Å². The first-order valence-electron chi connectivity index (χ1n) is 14.3. The molecule has 2 amide bonds. The third-order valence-corrected chi connectivity index (χ3v) is 9.32. The van der Waals surface area contributed by atoms with Gasteiger partial charge in [0.1, 0.15) is 0 Å². The van der Waals surface area contributed by atoms with Crippen LogP contribution in [0, 0.1) is 11.3 Å². The fourth-order valence-corrected chi connectivity index (χ4v) is 7.05.